The van der Waals surface area contributed by atoms with Crippen molar-refractivity contribution in [2.24, 2.45) is 0 Å². The van der Waals surface area contributed by atoms with E-state index in [9.17, 15) is 0 Å². The molecule has 0 saturated heterocycles. The first kappa shape index (κ1) is 44.9. The van der Waals surface area contributed by atoms with Gasteiger partial charge < -0.3 is 4.57 Å². The van der Waals surface area contributed by atoms with Gasteiger partial charge in [0.15, 0.2) is 0 Å². The number of hydrogen-bond acceptors (Lipinski definition) is 2. The van der Waals surface area contributed by atoms with Crippen LogP contribution in [0.1, 0.15) is 0 Å². The zero-order valence-electron chi connectivity index (χ0n) is 43.4. The van der Waals surface area contributed by atoms with Crippen molar-refractivity contribution in [3.05, 3.63) is 279 Å². The summed E-state index contributed by atoms with van der Waals surface area (Å²) in [7, 11) is 0. The summed E-state index contributed by atoms with van der Waals surface area (Å²) in [5.41, 5.74) is 15.3. The van der Waals surface area contributed by atoms with E-state index in [-0.39, 0.29) is 0 Å². The Morgan fingerprint density at radius 3 is 1.32 bits per heavy atom. The number of hydrogen-bond donors (Lipinski definition) is 0. The first-order valence-corrected chi connectivity index (χ1v) is 28.3. The molecule has 0 aliphatic rings. The Labute approximate surface area is 465 Å². The van der Waals surface area contributed by atoms with Crippen LogP contribution in [0.25, 0.3) is 168 Å². The van der Waals surface area contributed by atoms with Crippen molar-refractivity contribution in [1.29, 1.82) is 0 Å². The summed E-state index contributed by atoms with van der Waals surface area (Å²) in [4.78, 5) is 5.20. The maximum Gasteiger partial charge on any atom is 0.0708 e. The lowest BCUT2D eigenvalue weighted by Crippen LogP contribution is -1.94. The molecule has 0 saturated carbocycles. The Morgan fingerprint density at radius 1 is 0.237 bits per heavy atom. The van der Waals surface area contributed by atoms with Crippen LogP contribution in [0, 0.1) is 0 Å². The number of aromatic nitrogens is 2. The predicted octanol–water partition coefficient (Wildman–Crippen LogP) is 21.8. The highest BCUT2D eigenvalue weighted by Crippen LogP contribution is 2.46. The Kier molecular flexibility index (Phi) is 9.92. The molecule has 3 heteroatoms. The highest BCUT2D eigenvalue weighted by atomic mass is 32.1. The zero-order valence-corrected chi connectivity index (χ0v) is 44.2. The maximum atomic E-state index is 5.20. The number of para-hydroxylation sites is 1. The van der Waals surface area contributed by atoms with E-state index in [2.05, 4.69) is 284 Å². The van der Waals surface area contributed by atoms with E-state index in [1.807, 2.05) is 11.3 Å². The average Bonchev–Trinajstić information content (AvgIpc) is 4.26. The molecule has 14 aromatic carbocycles. The molecular formula is C77H46N2S. The average molecular weight is 1030 g/mol. The molecule has 0 spiro atoms. The van der Waals surface area contributed by atoms with Gasteiger partial charge in [0, 0.05) is 53.8 Å². The molecule has 3 heterocycles. The largest absolute Gasteiger partial charge is 0.309 e. The normalized spacial score (nSPS) is 12.0. The molecule has 80 heavy (non-hydrogen) atoms. The van der Waals surface area contributed by atoms with Crippen LogP contribution in [-0.2, 0) is 0 Å². The third kappa shape index (κ3) is 6.88. The number of thiophene rings is 1. The second-order valence-electron chi connectivity index (χ2n) is 21.3. The standard InChI is InChI=1S/C77H46N2S/c1-2-16-47(17-3-1)55-29-14-31-66-67-32-15-30-56(77(67)80-76(55)66)52-19-12-20-53(40-52)73-45-70-64-38-35-50(43-69(64)61-26-8-9-27-62(61)72(70)46-78-73)51-36-39-75-71(44-51)65-28-10-11-33-74(65)79(75)54-21-13-18-48(41-54)49-34-37-63-59-24-5-4-22-57(59)58-23-6-7-25-60(58)68(63)42-49/h1-46H. The van der Waals surface area contributed by atoms with Crippen LogP contribution in [0.3, 0.4) is 0 Å². The molecule has 370 valence electrons. The minimum Gasteiger partial charge on any atom is -0.309 e. The van der Waals surface area contributed by atoms with Gasteiger partial charge in [-0.1, -0.05) is 218 Å². The molecule has 0 atom stereocenters. The molecule has 0 N–H and O–H groups in total. The number of benzene rings is 14. The summed E-state index contributed by atoms with van der Waals surface area (Å²) < 4.78 is 5.07. The lowest BCUT2D eigenvalue weighted by molar-refractivity contribution is 1.18. The van der Waals surface area contributed by atoms with E-state index in [1.165, 1.54) is 146 Å². The van der Waals surface area contributed by atoms with Gasteiger partial charge >= 0.3 is 0 Å². The van der Waals surface area contributed by atoms with E-state index < -0.39 is 0 Å². The number of pyridine rings is 1. The van der Waals surface area contributed by atoms with Gasteiger partial charge in [0.05, 0.1) is 16.7 Å². The van der Waals surface area contributed by atoms with Crippen LogP contribution in [0.15, 0.2) is 279 Å². The fourth-order valence-electron chi connectivity index (χ4n) is 13.3. The van der Waals surface area contributed by atoms with Gasteiger partial charge in [-0.2, -0.15) is 0 Å². The Bertz CT molecular complexity index is 5400. The maximum absolute atomic E-state index is 5.20. The minimum absolute atomic E-state index is 0.960. The van der Waals surface area contributed by atoms with Gasteiger partial charge in [-0.3, -0.25) is 4.98 Å². The lowest BCUT2D eigenvalue weighted by atomic mass is 9.91. The summed E-state index contributed by atoms with van der Waals surface area (Å²) >= 11 is 1.89. The van der Waals surface area contributed by atoms with Crippen molar-refractivity contribution in [2.75, 3.05) is 0 Å². The number of rotatable bonds is 6. The van der Waals surface area contributed by atoms with Crippen molar-refractivity contribution in [1.82, 2.24) is 9.55 Å². The molecule has 0 bridgehead atoms. The van der Waals surface area contributed by atoms with Crippen LogP contribution < -0.4 is 0 Å². The topological polar surface area (TPSA) is 17.8 Å². The first-order chi connectivity index (χ1) is 39.7. The molecule has 2 nitrogen and oxygen atoms in total. The van der Waals surface area contributed by atoms with Crippen LogP contribution in [0.5, 0.6) is 0 Å². The summed E-state index contributed by atoms with van der Waals surface area (Å²) in [5, 5.41) is 20.0. The highest BCUT2D eigenvalue weighted by molar-refractivity contribution is 7.26. The van der Waals surface area contributed by atoms with Gasteiger partial charge in [0.25, 0.3) is 0 Å². The van der Waals surface area contributed by atoms with Crippen molar-refractivity contribution < 1.29 is 0 Å². The SMILES string of the molecule is c1ccc(-c2cccc3c2sc2c(-c4cccc(-c5cc6c7ccc(-c8ccc9c(c8)c8ccccc8n9-c8cccc(-c9ccc%10c%11ccccc%11c%11ccccc%11c%10c9)c8)cc7c7ccccc7c6cn5)c4)cccc23)cc1. The lowest BCUT2D eigenvalue weighted by Gasteiger charge is -2.14. The van der Waals surface area contributed by atoms with Crippen LogP contribution in [0.2, 0.25) is 0 Å². The second-order valence-corrected chi connectivity index (χ2v) is 22.3. The fourth-order valence-corrected chi connectivity index (χ4v) is 14.6. The van der Waals surface area contributed by atoms with E-state index in [0.29, 0.717) is 0 Å². The molecule has 3 aromatic heterocycles. The summed E-state index contributed by atoms with van der Waals surface area (Å²) in [5.74, 6) is 0. The van der Waals surface area contributed by atoms with Gasteiger partial charge in [-0.25, -0.2) is 0 Å². The molecule has 17 rings (SSSR count). The molecule has 0 aliphatic heterocycles. The highest BCUT2D eigenvalue weighted by Gasteiger charge is 2.19. The van der Waals surface area contributed by atoms with Crippen molar-refractivity contribution >= 4 is 118 Å². The van der Waals surface area contributed by atoms with E-state index in [4.69, 9.17) is 4.98 Å². The Morgan fingerprint density at radius 2 is 0.662 bits per heavy atom. The summed E-state index contributed by atoms with van der Waals surface area (Å²) in [6.07, 6.45) is 2.09. The molecular weight excluding hydrogens is 985 g/mol. The van der Waals surface area contributed by atoms with Gasteiger partial charge in [0.2, 0.25) is 0 Å². The van der Waals surface area contributed by atoms with Crippen molar-refractivity contribution in [3.63, 3.8) is 0 Å². The third-order valence-electron chi connectivity index (χ3n) is 17.0. The van der Waals surface area contributed by atoms with Crippen LogP contribution >= 0.6 is 11.3 Å². The van der Waals surface area contributed by atoms with Crippen molar-refractivity contribution in [3.8, 4) is 61.5 Å². The van der Waals surface area contributed by atoms with Crippen LogP contribution in [0.4, 0.5) is 0 Å². The second kappa shape index (κ2) is 17.7. The summed E-state index contributed by atoms with van der Waals surface area (Å²) in [6, 6.07) is 101. The molecule has 0 amide bonds. The van der Waals surface area contributed by atoms with Gasteiger partial charge in [-0.05, 0) is 158 Å². The first-order valence-electron chi connectivity index (χ1n) is 27.5. The van der Waals surface area contributed by atoms with Gasteiger partial charge in [0.1, 0.15) is 0 Å². The Hall–Kier alpha value is -10.2. The molecule has 0 fully saturated rings. The monoisotopic (exact) mass is 1030 g/mol. The quantitative estimate of drug-likeness (QED) is 0.152. The Balaban J connectivity index is 0.757. The van der Waals surface area contributed by atoms with Crippen LogP contribution in [-0.4, -0.2) is 9.55 Å². The fraction of sp³-hybridized carbons (Fsp3) is 0. The number of nitrogens with zero attached hydrogens (tertiary/aromatic N) is 2. The molecule has 0 aliphatic carbocycles. The minimum atomic E-state index is 0.960. The van der Waals surface area contributed by atoms with Gasteiger partial charge in [-0.15, -0.1) is 11.3 Å². The van der Waals surface area contributed by atoms with Crippen molar-refractivity contribution in [2.45, 2.75) is 0 Å². The van der Waals surface area contributed by atoms with E-state index >= 15 is 0 Å². The third-order valence-corrected chi connectivity index (χ3v) is 18.3. The zero-order chi connectivity index (χ0) is 52.4. The van der Waals surface area contributed by atoms with E-state index in [0.717, 1.165) is 22.3 Å². The smallest absolute Gasteiger partial charge is 0.0708 e. The molecule has 17 aromatic rings. The number of fused-ring (bicyclic) bond motifs is 18. The molecule has 0 unspecified atom stereocenters. The summed E-state index contributed by atoms with van der Waals surface area (Å²) in [6.45, 7) is 0. The predicted molar refractivity (Wildman–Crippen MR) is 344 cm³/mol. The van der Waals surface area contributed by atoms with E-state index in [1.54, 1.807) is 0 Å². The molecule has 0 radical (unpaired) electrons.